The van der Waals surface area contributed by atoms with E-state index in [1.807, 2.05) is 13.8 Å². The van der Waals surface area contributed by atoms with Crippen LogP contribution in [0.4, 0.5) is 5.00 Å². The van der Waals surface area contributed by atoms with Gasteiger partial charge < -0.3 is 14.8 Å². The van der Waals surface area contributed by atoms with Gasteiger partial charge in [-0.3, -0.25) is 14.5 Å². The number of hydrogen-bond acceptors (Lipinski definition) is 7. The van der Waals surface area contributed by atoms with E-state index in [1.165, 1.54) is 16.2 Å². The maximum Gasteiger partial charge on any atom is 0.341 e. The minimum atomic E-state index is -0.354. The van der Waals surface area contributed by atoms with Crippen LogP contribution in [0.5, 0.6) is 0 Å². The van der Waals surface area contributed by atoms with Crippen LogP contribution >= 0.6 is 11.3 Å². The van der Waals surface area contributed by atoms with Crippen molar-refractivity contribution in [2.75, 3.05) is 31.6 Å². The van der Waals surface area contributed by atoms with Gasteiger partial charge in [-0.1, -0.05) is 6.92 Å². The molecule has 172 valence electrons. The third-order valence-corrected chi connectivity index (χ3v) is 7.47. The van der Waals surface area contributed by atoms with Crippen molar-refractivity contribution in [3.8, 4) is 0 Å². The molecule has 1 aliphatic carbocycles. The van der Waals surface area contributed by atoms with Crippen LogP contribution < -0.4 is 5.32 Å². The molecule has 31 heavy (non-hydrogen) atoms. The lowest BCUT2D eigenvalue weighted by Crippen LogP contribution is -2.47. The summed E-state index contributed by atoms with van der Waals surface area (Å²) in [4.78, 5) is 40.9. The average Bonchev–Trinajstić information content (AvgIpc) is 3.10. The fraction of sp³-hybridized carbons (Fsp3) is 0.696. The first-order chi connectivity index (χ1) is 14.8. The summed E-state index contributed by atoms with van der Waals surface area (Å²) in [6.07, 6.45) is 4.19. The number of nitrogens with zero attached hydrogens (tertiary/aromatic N) is 1. The SMILES string of the molecule is CCOC(=O)c1c(NC(=O)[C@@H](C)N2CCC(C(=O)OCC)CC2)sc2c1CC[C@@H](C)C2. The zero-order chi connectivity index (χ0) is 22.5. The standard InChI is InChI=1S/C23H34N2O5S/c1-5-29-22(27)16-9-11-25(12-10-16)15(4)20(26)24-21-19(23(28)30-6-2)17-8-7-14(3)13-18(17)31-21/h14-16H,5-13H2,1-4H3,(H,24,26)/t14-,15-/m1/s1. The molecule has 1 N–H and O–H groups in total. The molecule has 7 nitrogen and oxygen atoms in total. The number of nitrogens with one attached hydrogen (secondary N) is 1. The Bertz CT molecular complexity index is 813. The van der Waals surface area contributed by atoms with Crippen LogP contribution in [0.2, 0.25) is 0 Å². The fourth-order valence-electron chi connectivity index (χ4n) is 4.42. The van der Waals surface area contributed by atoms with E-state index in [2.05, 4.69) is 17.1 Å². The Kier molecular flexibility index (Phi) is 8.11. The Morgan fingerprint density at radius 1 is 1.13 bits per heavy atom. The van der Waals surface area contributed by atoms with Crippen molar-refractivity contribution in [3.05, 3.63) is 16.0 Å². The summed E-state index contributed by atoms with van der Waals surface area (Å²) in [7, 11) is 0. The molecule has 1 saturated heterocycles. The molecule has 1 amide bonds. The molecular formula is C23H34N2O5S. The predicted octanol–water partition coefficient (Wildman–Crippen LogP) is 3.65. The van der Waals surface area contributed by atoms with E-state index in [0.29, 0.717) is 55.6 Å². The summed E-state index contributed by atoms with van der Waals surface area (Å²) in [6, 6.07) is -0.351. The smallest absolute Gasteiger partial charge is 0.341 e. The van der Waals surface area contributed by atoms with Crippen LogP contribution in [0.3, 0.4) is 0 Å². The lowest BCUT2D eigenvalue weighted by molar-refractivity contribution is -0.149. The van der Waals surface area contributed by atoms with Crippen LogP contribution in [-0.4, -0.2) is 55.1 Å². The predicted molar refractivity (Wildman–Crippen MR) is 120 cm³/mol. The van der Waals surface area contributed by atoms with Crippen LogP contribution in [0, 0.1) is 11.8 Å². The van der Waals surface area contributed by atoms with Crippen molar-refractivity contribution in [1.29, 1.82) is 0 Å². The van der Waals surface area contributed by atoms with Crippen molar-refractivity contribution in [2.24, 2.45) is 11.8 Å². The Morgan fingerprint density at radius 3 is 2.45 bits per heavy atom. The molecule has 0 saturated carbocycles. The van der Waals surface area contributed by atoms with Gasteiger partial charge in [0.05, 0.1) is 30.7 Å². The maximum atomic E-state index is 13.0. The average molecular weight is 451 g/mol. The van der Waals surface area contributed by atoms with Crippen molar-refractivity contribution in [2.45, 2.75) is 65.8 Å². The summed E-state index contributed by atoms with van der Waals surface area (Å²) in [5, 5.41) is 3.63. The van der Waals surface area contributed by atoms with Crippen LogP contribution in [-0.2, 0) is 31.9 Å². The number of carbonyl (C=O) groups excluding carboxylic acids is 3. The van der Waals surface area contributed by atoms with Crippen molar-refractivity contribution in [3.63, 3.8) is 0 Å². The minimum Gasteiger partial charge on any atom is -0.466 e. The molecule has 0 bridgehead atoms. The zero-order valence-corrected chi connectivity index (χ0v) is 19.8. The van der Waals surface area contributed by atoms with Gasteiger partial charge in [0.2, 0.25) is 5.91 Å². The van der Waals surface area contributed by atoms with Gasteiger partial charge in [0.25, 0.3) is 0 Å². The van der Waals surface area contributed by atoms with Gasteiger partial charge in [-0.15, -0.1) is 11.3 Å². The topological polar surface area (TPSA) is 84.9 Å². The second-order valence-corrected chi connectivity index (χ2v) is 9.61. The van der Waals surface area contributed by atoms with Gasteiger partial charge in [-0.25, -0.2) is 4.79 Å². The molecule has 1 aromatic heterocycles. The Morgan fingerprint density at radius 2 is 1.81 bits per heavy atom. The highest BCUT2D eigenvalue weighted by Crippen LogP contribution is 2.40. The highest BCUT2D eigenvalue weighted by molar-refractivity contribution is 7.17. The summed E-state index contributed by atoms with van der Waals surface area (Å²) < 4.78 is 10.4. The molecule has 1 aliphatic heterocycles. The molecule has 0 spiro atoms. The number of thiophene rings is 1. The first-order valence-corrected chi connectivity index (χ1v) is 12.2. The number of anilines is 1. The van der Waals surface area contributed by atoms with E-state index in [4.69, 9.17) is 9.47 Å². The van der Waals surface area contributed by atoms with E-state index in [-0.39, 0.29) is 29.8 Å². The molecule has 1 aromatic rings. The van der Waals surface area contributed by atoms with E-state index >= 15 is 0 Å². The molecule has 8 heteroatoms. The number of esters is 2. The van der Waals surface area contributed by atoms with Gasteiger partial charge >= 0.3 is 11.9 Å². The zero-order valence-electron chi connectivity index (χ0n) is 19.0. The van der Waals surface area contributed by atoms with Gasteiger partial charge in [0.1, 0.15) is 5.00 Å². The number of carbonyl (C=O) groups is 3. The van der Waals surface area contributed by atoms with Crippen molar-refractivity contribution in [1.82, 2.24) is 4.90 Å². The number of ether oxygens (including phenoxy) is 2. The second kappa shape index (κ2) is 10.6. The molecule has 2 aliphatic rings. The number of likely N-dealkylation sites (tertiary alicyclic amines) is 1. The highest BCUT2D eigenvalue weighted by Gasteiger charge is 2.33. The molecule has 0 radical (unpaired) electrons. The monoisotopic (exact) mass is 450 g/mol. The van der Waals surface area contributed by atoms with Crippen LogP contribution in [0.25, 0.3) is 0 Å². The maximum absolute atomic E-state index is 13.0. The molecule has 0 aromatic carbocycles. The Hall–Kier alpha value is -1.93. The molecule has 3 rings (SSSR count). The molecule has 0 unspecified atom stereocenters. The van der Waals surface area contributed by atoms with Crippen LogP contribution in [0.1, 0.15) is 67.8 Å². The van der Waals surface area contributed by atoms with Gasteiger partial charge in [-0.2, -0.15) is 0 Å². The summed E-state index contributed by atoms with van der Waals surface area (Å²) in [6.45, 7) is 9.73. The number of amides is 1. The molecule has 2 heterocycles. The first-order valence-electron chi connectivity index (χ1n) is 11.4. The third kappa shape index (κ3) is 5.47. The molecular weight excluding hydrogens is 416 g/mol. The highest BCUT2D eigenvalue weighted by atomic mass is 32.1. The Balaban J connectivity index is 1.68. The van der Waals surface area contributed by atoms with E-state index in [9.17, 15) is 14.4 Å². The summed E-state index contributed by atoms with van der Waals surface area (Å²) in [5.74, 6) is -0.145. The van der Waals surface area contributed by atoms with Crippen LogP contribution in [0.15, 0.2) is 0 Å². The lowest BCUT2D eigenvalue weighted by atomic mass is 9.88. The largest absolute Gasteiger partial charge is 0.466 e. The van der Waals surface area contributed by atoms with E-state index in [1.54, 1.807) is 6.92 Å². The minimum absolute atomic E-state index is 0.0899. The molecule has 2 atom stereocenters. The summed E-state index contributed by atoms with van der Waals surface area (Å²) >= 11 is 1.51. The van der Waals surface area contributed by atoms with Gasteiger partial charge in [0, 0.05) is 4.88 Å². The van der Waals surface area contributed by atoms with Gasteiger partial charge in [0.15, 0.2) is 0 Å². The fourth-order valence-corrected chi connectivity index (χ4v) is 5.82. The summed E-state index contributed by atoms with van der Waals surface area (Å²) in [5.41, 5.74) is 1.58. The van der Waals surface area contributed by atoms with Crippen molar-refractivity contribution >= 4 is 34.2 Å². The first kappa shape index (κ1) is 23.7. The second-order valence-electron chi connectivity index (χ2n) is 8.50. The normalized spacial score (nSPS) is 20.6. The Labute approximate surface area is 188 Å². The number of fused-ring (bicyclic) bond motifs is 1. The molecule has 1 fully saturated rings. The van der Waals surface area contributed by atoms with Crippen molar-refractivity contribution < 1.29 is 23.9 Å². The lowest BCUT2D eigenvalue weighted by Gasteiger charge is -2.34. The van der Waals surface area contributed by atoms with Gasteiger partial charge in [-0.05, 0) is 77.4 Å². The quantitative estimate of drug-likeness (QED) is 0.639. The number of hydrogen-bond donors (Lipinski definition) is 1. The third-order valence-electron chi connectivity index (χ3n) is 6.30. The van der Waals surface area contributed by atoms with E-state index in [0.717, 1.165) is 24.8 Å². The number of piperidine rings is 1. The number of rotatable bonds is 7. The van der Waals surface area contributed by atoms with E-state index < -0.39 is 0 Å².